The van der Waals surface area contributed by atoms with E-state index in [9.17, 15) is 22.4 Å². The van der Waals surface area contributed by atoms with E-state index in [1.165, 1.54) is 31.1 Å². The molecule has 2 unspecified atom stereocenters. The van der Waals surface area contributed by atoms with Crippen molar-refractivity contribution >= 4 is 27.7 Å². The normalized spacial score (nSPS) is 13.1. The van der Waals surface area contributed by atoms with Crippen LogP contribution < -0.4 is 14.4 Å². The first kappa shape index (κ1) is 30.0. The van der Waals surface area contributed by atoms with E-state index in [2.05, 4.69) is 5.32 Å². The summed E-state index contributed by atoms with van der Waals surface area (Å²) >= 11 is 0. The van der Waals surface area contributed by atoms with Crippen molar-refractivity contribution in [3.05, 3.63) is 59.9 Å². The Balaban J connectivity index is 2.49. The van der Waals surface area contributed by atoms with Crippen LogP contribution in [0.15, 0.2) is 48.5 Å². The molecule has 2 aromatic carbocycles. The number of ether oxygens (including phenoxy) is 1. The Morgan fingerprint density at radius 2 is 1.59 bits per heavy atom. The third-order valence-corrected chi connectivity index (χ3v) is 7.85. The number of methoxy groups -OCH3 is 1. The quantitative estimate of drug-likeness (QED) is 0.424. The van der Waals surface area contributed by atoms with Crippen LogP contribution in [0.4, 0.5) is 10.1 Å². The van der Waals surface area contributed by atoms with E-state index in [1.807, 2.05) is 13.8 Å². The van der Waals surface area contributed by atoms with Crippen molar-refractivity contribution in [2.24, 2.45) is 0 Å². The lowest BCUT2D eigenvalue weighted by Gasteiger charge is -2.34. The van der Waals surface area contributed by atoms with Gasteiger partial charge in [-0.15, -0.1) is 0 Å². The molecule has 1 N–H and O–H groups in total. The van der Waals surface area contributed by atoms with Gasteiger partial charge in [0, 0.05) is 26.7 Å². The highest BCUT2D eigenvalue weighted by Gasteiger charge is 2.34. The highest BCUT2D eigenvalue weighted by molar-refractivity contribution is 7.90. The van der Waals surface area contributed by atoms with E-state index in [1.54, 1.807) is 38.3 Å². The summed E-state index contributed by atoms with van der Waals surface area (Å²) in [6.07, 6.45) is 1.04. The van der Waals surface area contributed by atoms with Crippen molar-refractivity contribution in [3.8, 4) is 5.75 Å². The Kier molecular flexibility index (Phi) is 10.9. The minimum atomic E-state index is -4.11. The molecule has 2 amide bonds. The number of rotatable bonds is 13. The summed E-state index contributed by atoms with van der Waals surface area (Å²) in [4.78, 5) is 28.3. The van der Waals surface area contributed by atoms with Crippen molar-refractivity contribution in [2.75, 3.05) is 32.1 Å². The molecule has 11 heteroatoms. The fraction of sp³-hybridized carbons (Fsp3) is 0.462. The van der Waals surface area contributed by atoms with Crippen LogP contribution in [0.3, 0.4) is 0 Å². The largest absolute Gasteiger partial charge is 0.497 e. The first-order valence-electron chi connectivity index (χ1n) is 12.1. The Morgan fingerprint density at radius 3 is 2.08 bits per heavy atom. The molecule has 0 radical (unpaired) electrons. The van der Waals surface area contributed by atoms with E-state index in [-0.39, 0.29) is 24.2 Å². The Labute approximate surface area is 219 Å². The van der Waals surface area contributed by atoms with Gasteiger partial charge >= 0.3 is 10.2 Å². The minimum Gasteiger partial charge on any atom is -0.497 e. The fourth-order valence-corrected chi connectivity index (χ4v) is 4.67. The van der Waals surface area contributed by atoms with Crippen LogP contribution in [0.5, 0.6) is 5.75 Å². The highest BCUT2D eigenvalue weighted by Crippen LogP contribution is 2.22. The lowest BCUT2D eigenvalue weighted by Crippen LogP contribution is -2.54. The van der Waals surface area contributed by atoms with Gasteiger partial charge in [-0.2, -0.15) is 12.7 Å². The Morgan fingerprint density at radius 1 is 1.00 bits per heavy atom. The summed E-state index contributed by atoms with van der Waals surface area (Å²) in [6.45, 7) is 5.12. The van der Waals surface area contributed by atoms with Gasteiger partial charge < -0.3 is 15.0 Å². The zero-order valence-electron chi connectivity index (χ0n) is 22.3. The van der Waals surface area contributed by atoms with Crippen molar-refractivity contribution < 1.29 is 27.1 Å². The molecule has 2 atom stereocenters. The molecule has 0 heterocycles. The van der Waals surface area contributed by atoms with Gasteiger partial charge in [0.25, 0.3) is 0 Å². The van der Waals surface area contributed by atoms with Crippen LogP contribution in [0, 0.1) is 5.82 Å². The van der Waals surface area contributed by atoms with Crippen LogP contribution in [-0.4, -0.2) is 69.3 Å². The minimum absolute atomic E-state index is 0.0779. The predicted molar refractivity (Wildman–Crippen MR) is 142 cm³/mol. The lowest BCUT2D eigenvalue weighted by atomic mass is 10.1. The smallest absolute Gasteiger partial charge is 0.304 e. The van der Waals surface area contributed by atoms with Gasteiger partial charge in [0.1, 0.15) is 24.2 Å². The average Bonchev–Trinajstić information content (AvgIpc) is 2.87. The van der Waals surface area contributed by atoms with E-state index in [4.69, 9.17) is 4.74 Å². The van der Waals surface area contributed by atoms with Crippen LogP contribution >= 0.6 is 0 Å². The third kappa shape index (κ3) is 7.90. The molecular formula is C26H37FN4O5S. The van der Waals surface area contributed by atoms with Crippen molar-refractivity contribution in [1.82, 2.24) is 14.5 Å². The number of benzene rings is 2. The van der Waals surface area contributed by atoms with E-state index in [0.717, 1.165) is 26.3 Å². The van der Waals surface area contributed by atoms with Crippen LogP contribution in [0.2, 0.25) is 0 Å². The Hall–Kier alpha value is -3.18. The second-order valence-electron chi connectivity index (χ2n) is 8.88. The molecule has 9 nitrogen and oxygen atoms in total. The molecule has 0 bridgehead atoms. The van der Waals surface area contributed by atoms with Crippen LogP contribution in [-0.2, 0) is 26.3 Å². The molecule has 0 aliphatic heterocycles. The molecule has 0 saturated carbocycles. The number of nitrogens with zero attached hydrogens (tertiary/aromatic N) is 3. The van der Waals surface area contributed by atoms with E-state index >= 15 is 0 Å². The second kappa shape index (κ2) is 13.4. The molecule has 2 rings (SSSR count). The number of carbonyl (C=O) groups is 2. The number of carbonyl (C=O) groups excluding carboxylic acids is 2. The standard InChI is InChI=1S/C26H37FN4O5S/c1-7-19(3)28-26(33)24(8-2)30(17-20-9-15-23(36-6)16-10-20)25(32)18-31(37(34,35)29(4)5)22-13-11-21(27)12-14-22/h9-16,19,24H,7-8,17-18H2,1-6H3,(H,28,33). The molecule has 204 valence electrons. The molecular weight excluding hydrogens is 499 g/mol. The molecule has 37 heavy (non-hydrogen) atoms. The van der Waals surface area contributed by atoms with Gasteiger partial charge in [-0.3, -0.25) is 9.59 Å². The number of anilines is 1. The van der Waals surface area contributed by atoms with Gasteiger partial charge in [-0.05, 0) is 61.7 Å². The zero-order chi connectivity index (χ0) is 27.8. The SMILES string of the molecule is CCC(C)NC(=O)C(CC)N(Cc1ccc(OC)cc1)C(=O)CN(c1ccc(F)cc1)S(=O)(=O)N(C)C. The van der Waals surface area contributed by atoms with Gasteiger partial charge in [-0.25, -0.2) is 8.70 Å². The monoisotopic (exact) mass is 536 g/mol. The summed E-state index contributed by atoms with van der Waals surface area (Å²) in [6, 6.07) is 11.0. The Bertz CT molecular complexity index is 1140. The first-order chi connectivity index (χ1) is 17.4. The molecule has 0 aliphatic carbocycles. The van der Waals surface area contributed by atoms with Gasteiger partial charge in [0.15, 0.2) is 0 Å². The number of amides is 2. The van der Waals surface area contributed by atoms with Crippen molar-refractivity contribution in [3.63, 3.8) is 0 Å². The highest BCUT2D eigenvalue weighted by atomic mass is 32.2. The van der Waals surface area contributed by atoms with Crippen LogP contribution in [0.1, 0.15) is 39.2 Å². The predicted octanol–water partition coefficient (Wildman–Crippen LogP) is 3.17. The topological polar surface area (TPSA) is 99.3 Å². The van der Waals surface area contributed by atoms with Crippen LogP contribution in [0.25, 0.3) is 0 Å². The number of halogens is 1. The summed E-state index contributed by atoms with van der Waals surface area (Å²) < 4.78 is 47.0. The lowest BCUT2D eigenvalue weighted by molar-refractivity contribution is -0.140. The van der Waals surface area contributed by atoms with E-state index < -0.39 is 34.5 Å². The number of nitrogens with one attached hydrogen (secondary N) is 1. The van der Waals surface area contributed by atoms with Gasteiger partial charge in [-0.1, -0.05) is 26.0 Å². The van der Waals surface area contributed by atoms with Gasteiger partial charge in [0.2, 0.25) is 11.8 Å². The molecule has 0 aliphatic rings. The maximum Gasteiger partial charge on any atom is 0.304 e. The maximum atomic E-state index is 13.8. The number of hydrogen-bond donors (Lipinski definition) is 1. The molecule has 0 aromatic heterocycles. The third-order valence-electron chi connectivity index (χ3n) is 6.03. The summed E-state index contributed by atoms with van der Waals surface area (Å²) in [5, 5.41) is 2.93. The fourth-order valence-electron chi connectivity index (χ4n) is 3.61. The van der Waals surface area contributed by atoms with E-state index in [0.29, 0.717) is 18.6 Å². The second-order valence-corrected chi connectivity index (χ2v) is 11.0. The maximum absolute atomic E-state index is 13.8. The molecule has 0 fully saturated rings. The summed E-state index contributed by atoms with van der Waals surface area (Å²) in [5.41, 5.74) is 0.873. The average molecular weight is 537 g/mol. The molecule has 2 aromatic rings. The summed E-state index contributed by atoms with van der Waals surface area (Å²) in [7, 11) is 0.131. The first-order valence-corrected chi connectivity index (χ1v) is 13.5. The zero-order valence-corrected chi connectivity index (χ0v) is 23.1. The number of hydrogen-bond acceptors (Lipinski definition) is 5. The molecule has 0 saturated heterocycles. The summed E-state index contributed by atoms with van der Waals surface area (Å²) in [5.74, 6) is -0.784. The van der Waals surface area contributed by atoms with Crippen molar-refractivity contribution in [1.29, 1.82) is 0 Å². The van der Waals surface area contributed by atoms with Gasteiger partial charge in [0.05, 0.1) is 12.8 Å². The molecule has 0 spiro atoms. The van der Waals surface area contributed by atoms with Crippen molar-refractivity contribution in [2.45, 2.75) is 52.2 Å².